The molecule has 18 heavy (non-hydrogen) atoms. The number of carbonyl (C=O) groups excluding carboxylic acids is 1. The number of aryl methyl sites for hydroxylation is 2. The number of rotatable bonds is 4. The number of hydrogen-bond acceptors (Lipinski definition) is 1. The van der Waals surface area contributed by atoms with Gasteiger partial charge in [-0.15, -0.1) is 0 Å². The zero-order valence-corrected chi connectivity index (χ0v) is 11.2. The summed E-state index contributed by atoms with van der Waals surface area (Å²) in [5.74, 6) is 0.607. The van der Waals surface area contributed by atoms with E-state index in [4.69, 9.17) is 0 Å². The molecule has 2 nitrogen and oxygen atoms in total. The molecule has 0 aromatic heterocycles. The van der Waals surface area contributed by atoms with E-state index in [1.165, 1.54) is 16.7 Å². The molecule has 2 rings (SSSR count). The van der Waals surface area contributed by atoms with E-state index >= 15 is 0 Å². The maximum atomic E-state index is 11.8. The predicted octanol–water partition coefficient (Wildman–Crippen LogP) is 3.28. The summed E-state index contributed by atoms with van der Waals surface area (Å²) in [4.78, 5) is 11.8. The van der Waals surface area contributed by atoms with E-state index in [-0.39, 0.29) is 5.91 Å². The minimum Gasteiger partial charge on any atom is -0.352 e. The highest BCUT2D eigenvalue weighted by atomic mass is 16.1. The Morgan fingerprint density at radius 3 is 2.89 bits per heavy atom. The molecule has 0 aliphatic heterocycles. The molecule has 2 heteroatoms. The van der Waals surface area contributed by atoms with E-state index in [0.29, 0.717) is 18.9 Å². The number of amides is 1. The third kappa shape index (κ3) is 3.46. The molecule has 0 spiro atoms. The highest BCUT2D eigenvalue weighted by Crippen LogP contribution is 2.20. The maximum Gasteiger partial charge on any atom is 0.220 e. The Bertz CT molecular complexity index is 462. The molecule has 1 aromatic carbocycles. The van der Waals surface area contributed by atoms with Gasteiger partial charge in [-0.3, -0.25) is 4.79 Å². The first kappa shape index (κ1) is 12.9. The van der Waals surface area contributed by atoms with Gasteiger partial charge in [-0.2, -0.15) is 0 Å². The van der Waals surface area contributed by atoms with Gasteiger partial charge in [-0.1, -0.05) is 35.9 Å². The van der Waals surface area contributed by atoms with Crippen LogP contribution in [-0.4, -0.2) is 5.91 Å². The van der Waals surface area contributed by atoms with Gasteiger partial charge in [0.25, 0.3) is 0 Å². The molecule has 1 aliphatic rings. The second-order valence-corrected chi connectivity index (χ2v) is 5.18. The van der Waals surface area contributed by atoms with Gasteiger partial charge < -0.3 is 5.32 Å². The predicted molar refractivity (Wildman–Crippen MR) is 74.2 cm³/mol. The van der Waals surface area contributed by atoms with Gasteiger partial charge in [0.05, 0.1) is 0 Å². The van der Waals surface area contributed by atoms with E-state index in [0.717, 1.165) is 12.8 Å². The molecule has 96 valence electrons. The average molecular weight is 243 g/mol. The van der Waals surface area contributed by atoms with Crippen LogP contribution in [0.1, 0.15) is 36.0 Å². The van der Waals surface area contributed by atoms with Crippen molar-refractivity contribution < 1.29 is 4.79 Å². The summed E-state index contributed by atoms with van der Waals surface area (Å²) < 4.78 is 0. The van der Waals surface area contributed by atoms with Crippen molar-refractivity contribution in [2.24, 2.45) is 5.92 Å². The quantitative estimate of drug-likeness (QED) is 0.808. The van der Waals surface area contributed by atoms with Crippen LogP contribution in [0.15, 0.2) is 30.4 Å². The first-order valence-corrected chi connectivity index (χ1v) is 6.64. The van der Waals surface area contributed by atoms with E-state index in [1.807, 2.05) is 0 Å². The second-order valence-electron chi connectivity index (χ2n) is 5.18. The topological polar surface area (TPSA) is 29.1 Å². The van der Waals surface area contributed by atoms with E-state index in [2.05, 4.69) is 49.5 Å². The normalized spacial score (nSPS) is 18.0. The van der Waals surface area contributed by atoms with Gasteiger partial charge in [0.2, 0.25) is 5.91 Å². The van der Waals surface area contributed by atoms with E-state index < -0.39 is 0 Å². The fraction of sp³-hybridized carbons (Fsp3) is 0.438. The number of allylic oxidation sites excluding steroid dienone is 2. The fourth-order valence-electron chi connectivity index (χ4n) is 2.41. The van der Waals surface area contributed by atoms with Gasteiger partial charge >= 0.3 is 0 Å². The maximum absolute atomic E-state index is 11.8. The molecule has 0 bridgehead atoms. The number of benzene rings is 1. The van der Waals surface area contributed by atoms with Gasteiger partial charge in [-0.25, -0.2) is 0 Å². The van der Waals surface area contributed by atoms with Crippen LogP contribution in [0.4, 0.5) is 0 Å². The van der Waals surface area contributed by atoms with Crippen molar-refractivity contribution in [2.75, 3.05) is 0 Å². The molecular weight excluding hydrogens is 222 g/mol. The van der Waals surface area contributed by atoms with Crippen LogP contribution in [0.25, 0.3) is 0 Å². The summed E-state index contributed by atoms with van der Waals surface area (Å²) >= 11 is 0. The molecule has 1 aromatic rings. The molecule has 0 heterocycles. The van der Waals surface area contributed by atoms with Crippen LogP contribution >= 0.6 is 0 Å². The summed E-state index contributed by atoms with van der Waals surface area (Å²) in [7, 11) is 0. The van der Waals surface area contributed by atoms with Crippen molar-refractivity contribution in [3.63, 3.8) is 0 Å². The van der Waals surface area contributed by atoms with Gasteiger partial charge in [0.15, 0.2) is 0 Å². The Hall–Kier alpha value is -1.57. The van der Waals surface area contributed by atoms with Crippen LogP contribution < -0.4 is 5.32 Å². The molecule has 1 aliphatic carbocycles. The van der Waals surface area contributed by atoms with Gasteiger partial charge in [0, 0.05) is 13.0 Å². The minimum absolute atomic E-state index is 0.159. The summed E-state index contributed by atoms with van der Waals surface area (Å²) in [5.41, 5.74) is 3.71. The Balaban J connectivity index is 1.83. The molecule has 0 fully saturated rings. The molecular formula is C16H21NO. The first-order chi connectivity index (χ1) is 8.65. The van der Waals surface area contributed by atoms with E-state index in [1.54, 1.807) is 0 Å². The van der Waals surface area contributed by atoms with E-state index in [9.17, 15) is 4.79 Å². The lowest BCUT2D eigenvalue weighted by molar-refractivity contribution is -0.121. The van der Waals surface area contributed by atoms with Crippen LogP contribution in [0, 0.1) is 19.8 Å². The Labute approximate surface area is 109 Å². The van der Waals surface area contributed by atoms with Gasteiger partial charge in [-0.05, 0) is 43.7 Å². The summed E-state index contributed by atoms with van der Waals surface area (Å²) in [5, 5.41) is 3.01. The highest BCUT2D eigenvalue weighted by Gasteiger charge is 2.13. The number of nitrogens with one attached hydrogen (secondary N) is 1. The van der Waals surface area contributed by atoms with Gasteiger partial charge in [0.1, 0.15) is 0 Å². The minimum atomic E-state index is 0.159. The van der Waals surface area contributed by atoms with Crippen LogP contribution in [-0.2, 0) is 11.3 Å². The largest absolute Gasteiger partial charge is 0.352 e. The lowest BCUT2D eigenvalue weighted by atomic mass is 10.0. The van der Waals surface area contributed by atoms with Crippen LogP contribution in [0.5, 0.6) is 0 Å². The Kier molecular flexibility index (Phi) is 4.19. The molecule has 1 amide bonds. The Morgan fingerprint density at radius 2 is 2.22 bits per heavy atom. The average Bonchev–Trinajstić information content (AvgIpc) is 2.80. The third-order valence-electron chi connectivity index (χ3n) is 3.53. The molecule has 1 unspecified atom stereocenters. The zero-order valence-electron chi connectivity index (χ0n) is 11.2. The van der Waals surface area contributed by atoms with Crippen molar-refractivity contribution in [1.29, 1.82) is 0 Å². The third-order valence-corrected chi connectivity index (χ3v) is 3.53. The Morgan fingerprint density at radius 1 is 1.39 bits per heavy atom. The van der Waals surface area contributed by atoms with Crippen molar-refractivity contribution in [1.82, 2.24) is 5.32 Å². The van der Waals surface area contributed by atoms with Crippen molar-refractivity contribution >= 4 is 5.91 Å². The van der Waals surface area contributed by atoms with Crippen LogP contribution in [0.2, 0.25) is 0 Å². The first-order valence-electron chi connectivity index (χ1n) is 6.64. The zero-order chi connectivity index (χ0) is 13.0. The molecule has 0 saturated heterocycles. The number of hydrogen-bond donors (Lipinski definition) is 1. The number of carbonyl (C=O) groups is 1. The second kappa shape index (κ2) is 5.85. The fourth-order valence-corrected chi connectivity index (χ4v) is 2.41. The lowest BCUT2D eigenvalue weighted by Gasteiger charge is -2.10. The van der Waals surface area contributed by atoms with Crippen molar-refractivity contribution in [3.05, 3.63) is 47.0 Å². The monoisotopic (exact) mass is 243 g/mol. The summed E-state index contributed by atoms with van der Waals surface area (Å²) in [6.45, 7) is 4.82. The molecule has 1 atom stereocenters. The lowest BCUT2D eigenvalue weighted by Crippen LogP contribution is -2.24. The smallest absolute Gasteiger partial charge is 0.220 e. The standard InChI is InChI=1S/C16H21NO/c1-12-7-8-15(13(2)9-12)11-17-16(18)10-14-5-3-4-6-14/h3,5,7-9,14H,4,6,10-11H2,1-2H3,(H,17,18). The molecule has 1 N–H and O–H groups in total. The molecule has 0 saturated carbocycles. The SMILES string of the molecule is Cc1ccc(CNC(=O)CC2C=CCC2)c(C)c1. The summed E-state index contributed by atoms with van der Waals surface area (Å²) in [6.07, 6.45) is 7.20. The van der Waals surface area contributed by atoms with Crippen molar-refractivity contribution in [3.8, 4) is 0 Å². The highest BCUT2D eigenvalue weighted by molar-refractivity contribution is 5.76. The van der Waals surface area contributed by atoms with Crippen LogP contribution in [0.3, 0.4) is 0 Å². The molecule has 0 radical (unpaired) electrons. The van der Waals surface area contributed by atoms with Crippen molar-refractivity contribution in [2.45, 2.75) is 39.7 Å². The summed E-state index contributed by atoms with van der Waals surface area (Å²) in [6, 6.07) is 6.34.